The molecule has 1 rings (SSSR count). The highest BCUT2D eigenvalue weighted by atomic mass is 16.5. The van der Waals surface area contributed by atoms with Crippen molar-refractivity contribution in [1.29, 1.82) is 0 Å². The van der Waals surface area contributed by atoms with Crippen molar-refractivity contribution in [1.82, 2.24) is 4.98 Å². The molecule has 0 aliphatic carbocycles. The maximum absolute atomic E-state index is 9.55. The molecule has 1 aromatic rings. The average Bonchev–Trinajstić information content (AvgIpc) is 2.15. The van der Waals surface area contributed by atoms with E-state index in [1.165, 1.54) is 0 Å². The third-order valence-corrected chi connectivity index (χ3v) is 2.65. The van der Waals surface area contributed by atoms with Gasteiger partial charge in [-0.05, 0) is 33.3 Å². The van der Waals surface area contributed by atoms with Gasteiger partial charge in [-0.3, -0.25) is 0 Å². The van der Waals surface area contributed by atoms with E-state index in [-0.39, 0.29) is 6.61 Å². The lowest BCUT2D eigenvalue weighted by atomic mass is 10.1. The van der Waals surface area contributed by atoms with Crippen molar-refractivity contribution < 1.29 is 14.9 Å². The van der Waals surface area contributed by atoms with E-state index in [0.717, 1.165) is 16.8 Å². The second-order valence-corrected chi connectivity index (χ2v) is 4.91. The lowest BCUT2D eigenvalue weighted by molar-refractivity contribution is 0.0546. The van der Waals surface area contributed by atoms with Crippen molar-refractivity contribution in [3.63, 3.8) is 0 Å². The third kappa shape index (κ3) is 4.32. The second-order valence-electron chi connectivity index (χ2n) is 4.91. The molecule has 0 fully saturated rings. The first-order valence-corrected chi connectivity index (χ1v) is 5.76. The van der Waals surface area contributed by atoms with E-state index in [0.29, 0.717) is 18.9 Å². The monoisotopic (exact) mass is 239 g/mol. The number of hydrogen-bond acceptors (Lipinski definition) is 4. The molecule has 0 saturated carbocycles. The first-order valence-electron chi connectivity index (χ1n) is 5.76. The van der Waals surface area contributed by atoms with Crippen LogP contribution in [0.1, 0.15) is 37.1 Å². The molecule has 0 radical (unpaired) electrons. The molecule has 0 spiro atoms. The predicted molar refractivity (Wildman–Crippen MR) is 66.0 cm³/mol. The normalized spacial score (nSPS) is 11.6. The van der Waals surface area contributed by atoms with E-state index in [9.17, 15) is 5.11 Å². The van der Waals surface area contributed by atoms with Gasteiger partial charge in [0.05, 0.1) is 18.8 Å². The zero-order valence-electron chi connectivity index (χ0n) is 10.9. The fourth-order valence-electron chi connectivity index (χ4n) is 1.54. The Kier molecular flexibility index (Phi) is 4.48. The van der Waals surface area contributed by atoms with Crippen LogP contribution in [0.5, 0.6) is 5.88 Å². The molecule has 0 aliphatic rings. The fraction of sp³-hybridized carbons (Fsp3) is 0.615. The maximum Gasteiger partial charge on any atom is 0.213 e. The summed E-state index contributed by atoms with van der Waals surface area (Å²) in [6.07, 6.45) is 0.550. The molecule has 0 aliphatic heterocycles. The van der Waals surface area contributed by atoms with Crippen LogP contribution in [0.4, 0.5) is 0 Å². The summed E-state index contributed by atoms with van der Waals surface area (Å²) in [5.74, 6) is 0.543. The van der Waals surface area contributed by atoms with Crippen LogP contribution in [0, 0.1) is 13.8 Å². The van der Waals surface area contributed by atoms with E-state index >= 15 is 0 Å². The molecule has 96 valence electrons. The quantitative estimate of drug-likeness (QED) is 0.821. The SMILES string of the molecule is Cc1cc(OCCC(C)(C)O)nc(C)c1CO. The van der Waals surface area contributed by atoms with Gasteiger partial charge in [-0.2, -0.15) is 0 Å². The van der Waals surface area contributed by atoms with Gasteiger partial charge in [0.1, 0.15) is 0 Å². The van der Waals surface area contributed by atoms with Crippen molar-refractivity contribution in [3.8, 4) is 5.88 Å². The molecular weight excluding hydrogens is 218 g/mol. The number of pyridine rings is 1. The molecule has 4 heteroatoms. The molecule has 0 aromatic carbocycles. The van der Waals surface area contributed by atoms with Crippen molar-refractivity contribution in [2.45, 2.75) is 46.3 Å². The fourth-order valence-corrected chi connectivity index (χ4v) is 1.54. The van der Waals surface area contributed by atoms with Gasteiger partial charge in [-0.15, -0.1) is 0 Å². The molecule has 1 heterocycles. The molecule has 2 N–H and O–H groups in total. The van der Waals surface area contributed by atoms with Crippen LogP contribution in [0.15, 0.2) is 6.07 Å². The van der Waals surface area contributed by atoms with Gasteiger partial charge >= 0.3 is 0 Å². The van der Waals surface area contributed by atoms with Gasteiger partial charge in [0.25, 0.3) is 0 Å². The summed E-state index contributed by atoms with van der Waals surface area (Å²) in [5, 5.41) is 18.7. The van der Waals surface area contributed by atoms with Crippen LogP contribution in [0.25, 0.3) is 0 Å². The van der Waals surface area contributed by atoms with Crippen LogP contribution < -0.4 is 4.74 Å². The highest BCUT2D eigenvalue weighted by Crippen LogP contribution is 2.18. The van der Waals surface area contributed by atoms with Crippen LogP contribution in [0.2, 0.25) is 0 Å². The van der Waals surface area contributed by atoms with Gasteiger partial charge in [0, 0.05) is 23.7 Å². The van der Waals surface area contributed by atoms with Crippen LogP contribution in [-0.2, 0) is 6.61 Å². The molecule has 4 nitrogen and oxygen atoms in total. The molecule has 0 amide bonds. The Labute approximate surface area is 102 Å². The summed E-state index contributed by atoms with van der Waals surface area (Å²) in [7, 11) is 0. The zero-order chi connectivity index (χ0) is 13.1. The molecule has 0 bridgehead atoms. The topological polar surface area (TPSA) is 62.6 Å². The number of aliphatic hydroxyl groups excluding tert-OH is 1. The third-order valence-electron chi connectivity index (χ3n) is 2.65. The average molecular weight is 239 g/mol. The number of rotatable bonds is 5. The predicted octanol–water partition coefficient (Wildman–Crippen LogP) is 1.73. The zero-order valence-corrected chi connectivity index (χ0v) is 10.9. The first kappa shape index (κ1) is 13.9. The standard InChI is InChI=1S/C13H21NO3/c1-9-7-12(14-10(2)11(9)8-15)17-6-5-13(3,4)16/h7,15-16H,5-6,8H2,1-4H3. The Hall–Kier alpha value is -1.13. The van der Waals surface area contributed by atoms with E-state index in [1.54, 1.807) is 13.8 Å². The van der Waals surface area contributed by atoms with Gasteiger partial charge in [0.15, 0.2) is 0 Å². The molecule has 0 unspecified atom stereocenters. The summed E-state index contributed by atoms with van der Waals surface area (Å²) in [6, 6.07) is 1.81. The Balaban J connectivity index is 2.67. The minimum atomic E-state index is -0.727. The second kappa shape index (κ2) is 5.47. The Morgan fingerprint density at radius 3 is 2.47 bits per heavy atom. The van der Waals surface area contributed by atoms with E-state index < -0.39 is 5.60 Å². The number of aromatic nitrogens is 1. The number of aliphatic hydroxyl groups is 2. The Bertz CT molecular complexity index is 360. The Morgan fingerprint density at radius 1 is 1.35 bits per heavy atom. The largest absolute Gasteiger partial charge is 0.478 e. The number of ether oxygens (including phenoxy) is 1. The summed E-state index contributed by atoms with van der Waals surface area (Å²) < 4.78 is 5.49. The van der Waals surface area contributed by atoms with E-state index in [4.69, 9.17) is 9.84 Å². The van der Waals surface area contributed by atoms with Crippen molar-refractivity contribution in [3.05, 3.63) is 22.9 Å². The van der Waals surface area contributed by atoms with E-state index in [2.05, 4.69) is 4.98 Å². The van der Waals surface area contributed by atoms with Gasteiger partial charge in [0.2, 0.25) is 5.88 Å². The van der Waals surface area contributed by atoms with Gasteiger partial charge in [-0.1, -0.05) is 0 Å². The minimum Gasteiger partial charge on any atom is -0.478 e. The molecule has 1 aromatic heterocycles. The first-order chi connectivity index (χ1) is 7.83. The number of aryl methyl sites for hydroxylation is 2. The molecule has 17 heavy (non-hydrogen) atoms. The van der Waals surface area contributed by atoms with Crippen LogP contribution in [-0.4, -0.2) is 27.4 Å². The molecular formula is C13H21NO3. The summed E-state index contributed by atoms with van der Waals surface area (Å²) >= 11 is 0. The van der Waals surface area contributed by atoms with Gasteiger partial charge in [-0.25, -0.2) is 4.98 Å². The van der Waals surface area contributed by atoms with Crippen LogP contribution >= 0.6 is 0 Å². The van der Waals surface area contributed by atoms with Crippen molar-refractivity contribution >= 4 is 0 Å². The van der Waals surface area contributed by atoms with Crippen molar-refractivity contribution in [2.24, 2.45) is 0 Å². The van der Waals surface area contributed by atoms with E-state index in [1.807, 2.05) is 19.9 Å². The summed E-state index contributed by atoms with van der Waals surface area (Å²) in [6.45, 7) is 7.68. The Morgan fingerprint density at radius 2 is 2.00 bits per heavy atom. The van der Waals surface area contributed by atoms with Crippen molar-refractivity contribution in [2.75, 3.05) is 6.61 Å². The number of hydrogen-bond donors (Lipinski definition) is 2. The lowest BCUT2D eigenvalue weighted by Crippen LogP contribution is -2.22. The molecule has 0 saturated heterocycles. The maximum atomic E-state index is 9.55. The van der Waals surface area contributed by atoms with Gasteiger partial charge < -0.3 is 14.9 Å². The molecule has 0 atom stereocenters. The smallest absolute Gasteiger partial charge is 0.213 e. The lowest BCUT2D eigenvalue weighted by Gasteiger charge is -2.17. The highest BCUT2D eigenvalue weighted by molar-refractivity contribution is 5.33. The number of nitrogens with zero attached hydrogens (tertiary/aromatic N) is 1. The minimum absolute atomic E-state index is 0.00534. The van der Waals surface area contributed by atoms with Crippen LogP contribution in [0.3, 0.4) is 0 Å². The summed E-state index contributed by atoms with van der Waals surface area (Å²) in [4.78, 5) is 4.26. The summed E-state index contributed by atoms with van der Waals surface area (Å²) in [5.41, 5.74) is 1.87. The highest BCUT2D eigenvalue weighted by Gasteiger charge is 2.13.